The minimum Gasteiger partial charge on any atom is -0.491 e. The standard InChI is InChI=1S/C41H48ClF3N4O5/c1-26-21-28(23-30(22-26)47-39(50)32-9-6-7-10-35(32)52-19-17-48(2)3)27-13-15-31(24-27)54-37-12-8-11-36(53-20-18-49(4)5)38(37)40(51)46-29-14-16-34(42)33(25-29)41(43,44)45/h6-12,14,16,21,23,25-27,31H,13,15,17-20,22,24H2,1-5H3,(H,46,51)(H,47,50). The summed E-state index contributed by atoms with van der Waals surface area (Å²) in [7, 11) is 7.71. The first-order valence-electron chi connectivity index (χ1n) is 18.0. The van der Waals surface area contributed by atoms with Crippen LogP contribution in [0.2, 0.25) is 5.02 Å². The number of benzene rings is 3. The highest BCUT2D eigenvalue weighted by Gasteiger charge is 2.34. The number of ether oxygens (including phenoxy) is 3. The van der Waals surface area contributed by atoms with Gasteiger partial charge in [-0.2, -0.15) is 13.2 Å². The van der Waals surface area contributed by atoms with Gasteiger partial charge in [-0.15, -0.1) is 0 Å². The summed E-state index contributed by atoms with van der Waals surface area (Å²) in [6.45, 7) is 4.14. The van der Waals surface area contributed by atoms with Gasteiger partial charge in [-0.1, -0.05) is 42.8 Å². The van der Waals surface area contributed by atoms with Crippen molar-refractivity contribution in [3.05, 3.63) is 106 Å². The van der Waals surface area contributed by atoms with Crippen LogP contribution in [0, 0.1) is 11.8 Å². The summed E-state index contributed by atoms with van der Waals surface area (Å²) in [4.78, 5) is 31.2. The molecule has 2 N–H and O–H groups in total. The van der Waals surface area contributed by atoms with Gasteiger partial charge in [0.1, 0.15) is 36.0 Å². The van der Waals surface area contributed by atoms with Gasteiger partial charge >= 0.3 is 6.18 Å². The van der Waals surface area contributed by atoms with Crippen molar-refractivity contribution in [2.45, 2.75) is 44.9 Å². The zero-order chi connectivity index (χ0) is 39.0. The topological polar surface area (TPSA) is 92.4 Å². The minimum atomic E-state index is -4.70. The summed E-state index contributed by atoms with van der Waals surface area (Å²) in [6.07, 6.45) is 2.23. The molecule has 3 atom stereocenters. The van der Waals surface area contributed by atoms with Gasteiger partial charge in [0.2, 0.25) is 0 Å². The summed E-state index contributed by atoms with van der Waals surface area (Å²) in [5.74, 6) is 0.505. The van der Waals surface area contributed by atoms with E-state index in [0.717, 1.165) is 36.4 Å². The Labute approximate surface area is 320 Å². The highest BCUT2D eigenvalue weighted by molar-refractivity contribution is 6.31. The number of allylic oxidation sites excluding steroid dienone is 4. The first kappa shape index (κ1) is 40.7. The third kappa shape index (κ3) is 11.0. The van der Waals surface area contributed by atoms with Gasteiger partial charge in [-0.05, 0) is 120 Å². The molecular weight excluding hydrogens is 721 g/mol. The van der Waals surface area contributed by atoms with Crippen LogP contribution < -0.4 is 24.8 Å². The van der Waals surface area contributed by atoms with E-state index >= 15 is 0 Å². The Hall–Kier alpha value is -4.52. The summed E-state index contributed by atoms with van der Waals surface area (Å²) in [5.41, 5.74) is 1.38. The molecule has 0 radical (unpaired) electrons. The van der Waals surface area contributed by atoms with E-state index < -0.39 is 22.7 Å². The number of nitrogens with zero attached hydrogens (tertiary/aromatic N) is 2. The van der Waals surface area contributed by atoms with Crippen LogP contribution in [0.3, 0.4) is 0 Å². The summed E-state index contributed by atoms with van der Waals surface area (Å²) in [5, 5.41) is 5.24. The SMILES string of the molecule is CC1C=C(C2CCC(Oc3cccc(OCCN(C)C)c3C(=O)Nc3ccc(Cl)c(C(F)(F)F)c3)C2)C=C(NC(=O)c2ccccc2OCCN(C)C)C1. The van der Waals surface area contributed by atoms with Crippen LogP contribution in [0.25, 0.3) is 0 Å². The fourth-order valence-corrected chi connectivity index (χ4v) is 6.77. The van der Waals surface area contributed by atoms with E-state index in [2.05, 4.69) is 29.7 Å². The summed E-state index contributed by atoms with van der Waals surface area (Å²) in [6, 6.07) is 15.5. The second kappa shape index (κ2) is 18.2. The van der Waals surface area contributed by atoms with Crippen LogP contribution >= 0.6 is 11.6 Å². The molecule has 54 heavy (non-hydrogen) atoms. The molecule has 290 valence electrons. The highest BCUT2D eigenvalue weighted by Crippen LogP contribution is 2.40. The van der Waals surface area contributed by atoms with E-state index in [0.29, 0.717) is 43.7 Å². The molecule has 0 aromatic heterocycles. The summed E-state index contributed by atoms with van der Waals surface area (Å²) < 4.78 is 59.2. The third-order valence-electron chi connectivity index (χ3n) is 9.25. The van der Waals surface area contributed by atoms with Crippen LogP contribution in [-0.2, 0) is 6.18 Å². The molecule has 2 aliphatic rings. The zero-order valence-corrected chi connectivity index (χ0v) is 32.0. The van der Waals surface area contributed by atoms with E-state index in [1.54, 1.807) is 30.3 Å². The molecule has 0 bridgehead atoms. The molecule has 13 heteroatoms. The average molecular weight is 769 g/mol. The lowest BCUT2D eigenvalue weighted by Gasteiger charge is -2.24. The monoisotopic (exact) mass is 768 g/mol. The summed E-state index contributed by atoms with van der Waals surface area (Å²) >= 11 is 5.81. The smallest absolute Gasteiger partial charge is 0.417 e. The van der Waals surface area contributed by atoms with Crippen molar-refractivity contribution in [3.8, 4) is 17.2 Å². The molecule has 0 spiro atoms. The lowest BCUT2D eigenvalue weighted by atomic mass is 9.87. The number of para-hydroxylation sites is 1. The van der Waals surface area contributed by atoms with Crippen LogP contribution in [-0.4, -0.2) is 82.2 Å². The van der Waals surface area contributed by atoms with Crippen molar-refractivity contribution >= 4 is 29.1 Å². The number of anilines is 1. The third-order valence-corrected chi connectivity index (χ3v) is 9.58. The molecule has 0 aliphatic heterocycles. The average Bonchev–Trinajstić information content (AvgIpc) is 3.57. The Kier molecular flexibility index (Phi) is 13.7. The predicted octanol–water partition coefficient (Wildman–Crippen LogP) is 8.32. The van der Waals surface area contributed by atoms with Crippen molar-refractivity contribution in [3.63, 3.8) is 0 Å². The molecule has 3 unspecified atom stereocenters. The van der Waals surface area contributed by atoms with E-state index in [9.17, 15) is 22.8 Å². The largest absolute Gasteiger partial charge is 0.491 e. The van der Waals surface area contributed by atoms with Crippen molar-refractivity contribution < 1.29 is 37.0 Å². The number of carbonyl (C=O) groups excluding carboxylic acids is 2. The lowest BCUT2D eigenvalue weighted by molar-refractivity contribution is -0.137. The molecule has 0 heterocycles. The molecule has 2 aliphatic carbocycles. The number of halogens is 4. The number of nitrogens with one attached hydrogen (secondary N) is 2. The maximum absolute atomic E-state index is 13.8. The Morgan fingerprint density at radius 1 is 0.852 bits per heavy atom. The van der Waals surface area contributed by atoms with E-state index in [1.165, 1.54) is 6.07 Å². The second-order valence-electron chi connectivity index (χ2n) is 14.3. The Balaban J connectivity index is 1.30. The molecule has 3 aromatic rings. The first-order chi connectivity index (χ1) is 25.7. The number of alkyl halides is 3. The van der Waals surface area contributed by atoms with Crippen molar-refractivity contribution in [1.29, 1.82) is 0 Å². The molecule has 1 saturated carbocycles. The van der Waals surface area contributed by atoms with Crippen LogP contribution in [0.4, 0.5) is 18.9 Å². The van der Waals surface area contributed by atoms with Crippen molar-refractivity contribution in [2.24, 2.45) is 11.8 Å². The Morgan fingerprint density at radius 2 is 1.52 bits per heavy atom. The normalized spacial score (nSPS) is 18.6. The number of carbonyl (C=O) groups is 2. The number of likely N-dealkylation sites (N-methyl/N-ethyl adjacent to an activating group) is 2. The second-order valence-corrected chi connectivity index (χ2v) is 14.7. The van der Waals surface area contributed by atoms with Crippen LogP contribution in [0.15, 0.2) is 84.1 Å². The van der Waals surface area contributed by atoms with E-state index in [4.69, 9.17) is 25.8 Å². The van der Waals surface area contributed by atoms with E-state index in [-0.39, 0.29) is 53.2 Å². The van der Waals surface area contributed by atoms with Gasteiger partial charge in [-0.25, -0.2) is 0 Å². The van der Waals surface area contributed by atoms with Gasteiger partial charge in [0.05, 0.1) is 22.3 Å². The van der Waals surface area contributed by atoms with Gasteiger partial charge in [0.15, 0.2) is 0 Å². The molecule has 0 saturated heterocycles. The van der Waals surface area contributed by atoms with Crippen LogP contribution in [0.1, 0.15) is 58.9 Å². The Morgan fingerprint density at radius 3 is 2.22 bits per heavy atom. The maximum Gasteiger partial charge on any atom is 0.417 e. The number of amides is 2. The van der Waals surface area contributed by atoms with Crippen LogP contribution in [0.5, 0.6) is 17.2 Å². The van der Waals surface area contributed by atoms with Crippen molar-refractivity contribution in [2.75, 3.05) is 59.8 Å². The first-order valence-corrected chi connectivity index (χ1v) is 18.4. The van der Waals surface area contributed by atoms with Crippen molar-refractivity contribution in [1.82, 2.24) is 15.1 Å². The number of hydrogen-bond donors (Lipinski definition) is 2. The van der Waals surface area contributed by atoms with Gasteiger partial charge in [0, 0.05) is 24.5 Å². The lowest BCUT2D eigenvalue weighted by Crippen LogP contribution is -2.27. The van der Waals surface area contributed by atoms with Gasteiger partial charge in [0.25, 0.3) is 11.8 Å². The zero-order valence-electron chi connectivity index (χ0n) is 31.3. The molecular formula is C41H48ClF3N4O5. The quantitative estimate of drug-likeness (QED) is 0.161. The molecule has 2 amide bonds. The fraction of sp³-hybridized carbons (Fsp3) is 0.415. The van der Waals surface area contributed by atoms with E-state index in [1.807, 2.05) is 50.1 Å². The maximum atomic E-state index is 13.8. The molecule has 3 aromatic carbocycles. The van der Waals surface area contributed by atoms with Gasteiger partial charge < -0.3 is 34.6 Å². The molecule has 5 rings (SSSR count). The fourth-order valence-electron chi connectivity index (χ4n) is 6.55. The molecule has 1 fully saturated rings. The minimum absolute atomic E-state index is 0.0694. The molecule has 9 nitrogen and oxygen atoms in total. The van der Waals surface area contributed by atoms with Gasteiger partial charge in [-0.3, -0.25) is 9.59 Å². The number of rotatable bonds is 15. The predicted molar refractivity (Wildman–Crippen MR) is 205 cm³/mol. The highest BCUT2D eigenvalue weighted by atomic mass is 35.5. The number of hydrogen-bond acceptors (Lipinski definition) is 7. The Bertz CT molecular complexity index is 1860.